The van der Waals surface area contributed by atoms with Gasteiger partial charge in [0.2, 0.25) is 0 Å². The molecule has 2 N–H and O–H groups in total. The van der Waals surface area contributed by atoms with Gasteiger partial charge in [-0.25, -0.2) is 4.98 Å². The number of nitrogens with two attached hydrogens (primary N) is 1. The standard InChI is InChI=1S/C13H18N4O/c1-17-8-9(13(14)5-3-4-6-13)11-10(17)7-15-12(16-11)18-2/h7-8H,3-6,14H2,1-2H3. The van der Waals surface area contributed by atoms with Gasteiger partial charge in [0.05, 0.1) is 18.8 Å². The predicted octanol–water partition coefficient (Wildman–Crippen LogP) is 1.70. The van der Waals surface area contributed by atoms with Crippen molar-refractivity contribution in [1.29, 1.82) is 0 Å². The number of aryl methyl sites for hydroxylation is 1. The first kappa shape index (κ1) is 11.5. The van der Waals surface area contributed by atoms with Crippen LogP contribution in [0, 0.1) is 0 Å². The van der Waals surface area contributed by atoms with Crippen LogP contribution < -0.4 is 10.5 Å². The van der Waals surface area contributed by atoms with E-state index in [1.54, 1.807) is 13.3 Å². The summed E-state index contributed by atoms with van der Waals surface area (Å²) in [7, 11) is 3.58. The zero-order valence-electron chi connectivity index (χ0n) is 10.8. The Hall–Kier alpha value is -1.62. The molecule has 1 fully saturated rings. The van der Waals surface area contributed by atoms with E-state index in [1.165, 1.54) is 12.8 Å². The highest BCUT2D eigenvalue weighted by Gasteiger charge is 2.34. The van der Waals surface area contributed by atoms with Gasteiger partial charge < -0.3 is 15.0 Å². The zero-order chi connectivity index (χ0) is 12.8. The quantitative estimate of drug-likeness (QED) is 0.876. The summed E-state index contributed by atoms with van der Waals surface area (Å²) < 4.78 is 7.15. The maximum absolute atomic E-state index is 6.54. The van der Waals surface area contributed by atoms with Crippen LogP contribution in [0.1, 0.15) is 31.2 Å². The molecular weight excluding hydrogens is 228 g/mol. The second kappa shape index (κ2) is 3.95. The number of ether oxygens (including phenoxy) is 1. The highest BCUT2D eigenvalue weighted by Crippen LogP contribution is 2.39. The van der Waals surface area contributed by atoms with E-state index < -0.39 is 0 Å². The lowest BCUT2D eigenvalue weighted by Gasteiger charge is -2.22. The maximum atomic E-state index is 6.54. The SMILES string of the molecule is COc1ncc2c(n1)c(C1(N)CCCC1)cn2C. The van der Waals surface area contributed by atoms with Crippen molar-refractivity contribution in [2.24, 2.45) is 12.8 Å². The predicted molar refractivity (Wildman–Crippen MR) is 69.4 cm³/mol. The molecule has 0 atom stereocenters. The van der Waals surface area contributed by atoms with Gasteiger partial charge in [-0.1, -0.05) is 12.8 Å². The molecule has 18 heavy (non-hydrogen) atoms. The molecule has 1 saturated carbocycles. The average molecular weight is 246 g/mol. The molecule has 1 aliphatic rings. The van der Waals surface area contributed by atoms with E-state index in [1.807, 2.05) is 11.6 Å². The Morgan fingerprint density at radius 2 is 2.11 bits per heavy atom. The normalized spacial score (nSPS) is 18.4. The van der Waals surface area contributed by atoms with E-state index in [2.05, 4.69) is 16.2 Å². The lowest BCUT2D eigenvalue weighted by molar-refractivity contribution is 0.381. The number of hydrogen-bond acceptors (Lipinski definition) is 4. The summed E-state index contributed by atoms with van der Waals surface area (Å²) in [5, 5.41) is 0. The van der Waals surface area contributed by atoms with Gasteiger partial charge in [-0.3, -0.25) is 0 Å². The van der Waals surface area contributed by atoms with Gasteiger partial charge >= 0.3 is 6.01 Å². The van der Waals surface area contributed by atoms with Crippen LogP contribution in [-0.2, 0) is 12.6 Å². The first-order valence-corrected chi connectivity index (χ1v) is 6.29. The molecule has 0 aliphatic heterocycles. The molecule has 2 aromatic rings. The van der Waals surface area contributed by atoms with Crippen molar-refractivity contribution in [1.82, 2.24) is 14.5 Å². The molecule has 5 heteroatoms. The molecular formula is C13H18N4O. The summed E-state index contributed by atoms with van der Waals surface area (Å²) in [6.45, 7) is 0. The molecule has 0 aromatic carbocycles. The van der Waals surface area contributed by atoms with E-state index in [-0.39, 0.29) is 5.54 Å². The van der Waals surface area contributed by atoms with Crippen LogP contribution in [0.5, 0.6) is 6.01 Å². The van der Waals surface area contributed by atoms with Gasteiger partial charge in [-0.15, -0.1) is 0 Å². The van der Waals surface area contributed by atoms with Crippen LogP contribution >= 0.6 is 0 Å². The fourth-order valence-corrected chi connectivity index (χ4v) is 2.88. The van der Waals surface area contributed by atoms with Crippen molar-refractivity contribution in [2.45, 2.75) is 31.2 Å². The van der Waals surface area contributed by atoms with Gasteiger partial charge in [0.25, 0.3) is 0 Å². The second-order valence-corrected chi connectivity index (χ2v) is 5.11. The first-order valence-electron chi connectivity index (χ1n) is 6.29. The summed E-state index contributed by atoms with van der Waals surface area (Å²) in [5.41, 5.74) is 9.35. The summed E-state index contributed by atoms with van der Waals surface area (Å²) in [5.74, 6) is 0. The largest absolute Gasteiger partial charge is 0.467 e. The fourth-order valence-electron chi connectivity index (χ4n) is 2.88. The van der Waals surface area contributed by atoms with Crippen molar-refractivity contribution < 1.29 is 4.74 Å². The van der Waals surface area contributed by atoms with Gasteiger partial charge in [0, 0.05) is 24.3 Å². The van der Waals surface area contributed by atoms with Gasteiger partial charge in [-0.05, 0) is 12.8 Å². The smallest absolute Gasteiger partial charge is 0.316 e. The second-order valence-electron chi connectivity index (χ2n) is 5.11. The monoisotopic (exact) mass is 246 g/mol. The molecule has 0 radical (unpaired) electrons. The third-order valence-electron chi connectivity index (χ3n) is 3.92. The average Bonchev–Trinajstić information content (AvgIpc) is 2.95. The van der Waals surface area contributed by atoms with Crippen LogP contribution in [-0.4, -0.2) is 21.6 Å². The Labute approximate surface area is 106 Å². The van der Waals surface area contributed by atoms with E-state index >= 15 is 0 Å². The molecule has 0 amide bonds. The van der Waals surface area contributed by atoms with Crippen LogP contribution in [0.25, 0.3) is 11.0 Å². The topological polar surface area (TPSA) is 66.0 Å². The maximum Gasteiger partial charge on any atom is 0.316 e. The molecule has 2 aromatic heterocycles. The lowest BCUT2D eigenvalue weighted by Crippen LogP contribution is -2.33. The zero-order valence-corrected chi connectivity index (χ0v) is 10.8. The Balaban J connectivity index is 2.22. The summed E-state index contributed by atoms with van der Waals surface area (Å²) in [6.07, 6.45) is 8.31. The Morgan fingerprint density at radius 1 is 1.39 bits per heavy atom. The van der Waals surface area contributed by atoms with Gasteiger partial charge in [0.15, 0.2) is 0 Å². The number of hydrogen-bond donors (Lipinski definition) is 1. The molecule has 0 spiro atoms. The minimum atomic E-state index is -0.237. The lowest BCUT2D eigenvalue weighted by atomic mass is 9.91. The Bertz CT molecular complexity index is 584. The number of rotatable bonds is 2. The molecule has 1 aliphatic carbocycles. The first-order chi connectivity index (χ1) is 8.64. The third kappa shape index (κ3) is 1.58. The molecule has 0 unspecified atom stereocenters. The van der Waals surface area contributed by atoms with E-state index in [9.17, 15) is 0 Å². The van der Waals surface area contributed by atoms with E-state index in [0.717, 1.165) is 29.4 Å². The van der Waals surface area contributed by atoms with Crippen LogP contribution in [0.2, 0.25) is 0 Å². The minimum Gasteiger partial charge on any atom is -0.467 e. The fraction of sp³-hybridized carbons (Fsp3) is 0.538. The van der Waals surface area contributed by atoms with Gasteiger partial charge in [0.1, 0.15) is 5.52 Å². The molecule has 0 bridgehead atoms. The van der Waals surface area contributed by atoms with Crippen molar-refractivity contribution in [3.8, 4) is 6.01 Å². The number of nitrogens with zero attached hydrogens (tertiary/aromatic N) is 3. The van der Waals surface area contributed by atoms with Crippen LogP contribution in [0.15, 0.2) is 12.4 Å². The summed E-state index contributed by atoms with van der Waals surface area (Å²) in [6, 6.07) is 0.400. The molecule has 5 nitrogen and oxygen atoms in total. The van der Waals surface area contributed by atoms with Crippen LogP contribution in [0.4, 0.5) is 0 Å². The molecule has 0 saturated heterocycles. The van der Waals surface area contributed by atoms with Crippen molar-refractivity contribution in [3.05, 3.63) is 18.0 Å². The summed E-state index contributed by atoms with van der Waals surface area (Å²) in [4.78, 5) is 8.62. The van der Waals surface area contributed by atoms with Crippen molar-refractivity contribution >= 4 is 11.0 Å². The number of methoxy groups -OCH3 is 1. The van der Waals surface area contributed by atoms with E-state index in [0.29, 0.717) is 6.01 Å². The summed E-state index contributed by atoms with van der Waals surface area (Å²) >= 11 is 0. The minimum absolute atomic E-state index is 0.237. The van der Waals surface area contributed by atoms with Crippen LogP contribution in [0.3, 0.4) is 0 Å². The molecule has 3 rings (SSSR count). The van der Waals surface area contributed by atoms with Crippen molar-refractivity contribution in [3.63, 3.8) is 0 Å². The Morgan fingerprint density at radius 3 is 2.78 bits per heavy atom. The Kier molecular flexibility index (Phi) is 2.52. The number of fused-ring (bicyclic) bond motifs is 1. The third-order valence-corrected chi connectivity index (χ3v) is 3.92. The van der Waals surface area contributed by atoms with Gasteiger partial charge in [-0.2, -0.15) is 4.98 Å². The number of aromatic nitrogens is 3. The highest BCUT2D eigenvalue weighted by molar-refractivity contribution is 5.80. The molecule has 2 heterocycles. The highest BCUT2D eigenvalue weighted by atomic mass is 16.5. The van der Waals surface area contributed by atoms with E-state index in [4.69, 9.17) is 10.5 Å². The van der Waals surface area contributed by atoms with Crippen molar-refractivity contribution in [2.75, 3.05) is 7.11 Å². The molecule has 96 valence electrons.